The maximum atomic E-state index is 13.7. The van der Waals surface area contributed by atoms with Crippen molar-refractivity contribution >= 4 is 15.9 Å². The fraction of sp³-hybridized carbons (Fsp3) is 0.485. The third-order valence-corrected chi connectivity index (χ3v) is 9.87. The lowest BCUT2D eigenvalue weighted by molar-refractivity contribution is -0.130. The first-order valence-electron chi connectivity index (χ1n) is 15.1. The van der Waals surface area contributed by atoms with Gasteiger partial charge < -0.3 is 25.2 Å². The predicted molar refractivity (Wildman–Crippen MR) is 171 cm³/mol. The van der Waals surface area contributed by atoms with Crippen LogP contribution in [0.1, 0.15) is 42.0 Å². The number of ether oxygens (including phenoxy) is 2. The van der Waals surface area contributed by atoms with Crippen LogP contribution in [0.2, 0.25) is 0 Å². The molecule has 13 heteroatoms. The van der Waals surface area contributed by atoms with Gasteiger partial charge in [-0.15, -0.1) is 13.2 Å². The molecule has 0 bridgehead atoms. The summed E-state index contributed by atoms with van der Waals surface area (Å²) in [5.41, 5.74) is 2.83. The van der Waals surface area contributed by atoms with Crippen LogP contribution in [-0.4, -0.2) is 87.3 Å². The van der Waals surface area contributed by atoms with Crippen LogP contribution in [0.15, 0.2) is 73.8 Å². The van der Waals surface area contributed by atoms with Gasteiger partial charge in [-0.25, -0.2) is 8.42 Å². The van der Waals surface area contributed by atoms with Crippen molar-refractivity contribution in [2.45, 2.75) is 68.6 Å². The molecule has 5 atom stereocenters. The molecular weight excluding hydrogens is 623 g/mol. The van der Waals surface area contributed by atoms with E-state index >= 15 is 0 Å². The maximum Gasteiger partial charge on any atom is 0.390 e. The van der Waals surface area contributed by atoms with Crippen molar-refractivity contribution in [2.24, 2.45) is 0 Å². The number of carbonyl (C=O) groups is 1. The molecule has 1 amide bonds. The van der Waals surface area contributed by atoms with Gasteiger partial charge in [0.2, 0.25) is 15.9 Å². The highest BCUT2D eigenvalue weighted by Crippen LogP contribution is 2.36. The van der Waals surface area contributed by atoms with E-state index in [-0.39, 0.29) is 38.0 Å². The molecule has 46 heavy (non-hydrogen) atoms. The van der Waals surface area contributed by atoms with Crippen molar-refractivity contribution in [3.8, 4) is 5.75 Å². The Bertz CT molecular complexity index is 1410. The van der Waals surface area contributed by atoms with E-state index in [9.17, 15) is 31.5 Å². The molecule has 0 aliphatic heterocycles. The Labute approximate surface area is 269 Å². The molecule has 0 fully saturated rings. The van der Waals surface area contributed by atoms with Gasteiger partial charge >= 0.3 is 6.18 Å². The summed E-state index contributed by atoms with van der Waals surface area (Å²) in [6.07, 6.45) is -3.40. The molecule has 9 nitrogen and oxygen atoms in total. The van der Waals surface area contributed by atoms with Gasteiger partial charge in [-0.1, -0.05) is 48.6 Å². The molecule has 0 saturated carbocycles. The minimum atomic E-state index is -4.68. The van der Waals surface area contributed by atoms with Crippen molar-refractivity contribution in [3.63, 3.8) is 0 Å². The van der Waals surface area contributed by atoms with Crippen molar-refractivity contribution < 1.29 is 41.0 Å². The number of hydrogen-bond acceptors (Lipinski definition) is 7. The normalized spacial score (nSPS) is 18.4. The maximum absolute atomic E-state index is 13.7. The lowest BCUT2D eigenvalue weighted by Crippen LogP contribution is -2.55. The number of aliphatic hydroxyl groups is 1. The van der Waals surface area contributed by atoms with Crippen molar-refractivity contribution in [1.82, 2.24) is 14.9 Å². The molecule has 3 rings (SSSR count). The van der Waals surface area contributed by atoms with Crippen molar-refractivity contribution in [1.29, 1.82) is 0 Å². The summed E-state index contributed by atoms with van der Waals surface area (Å²) < 4.78 is 76.3. The molecule has 0 unspecified atom stereocenters. The van der Waals surface area contributed by atoms with Gasteiger partial charge in [0.25, 0.3) is 0 Å². The molecule has 1 aliphatic rings. The number of amides is 1. The zero-order chi connectivity index (χ0) is 33.9. The largest absolute Gasteiger partial charge is 0.497 e. The highest BCUT2D eigenvalue weighted by molar-refractivity contribution is 7.89. The van der Waals surface area contributed by atoms with Gasteiger partial charge in [-0.2, -0.15) is 17.5 Å². The highest BCUT2D eigenvalue weighted by atomic mass is 32.2. The fourth-order valence-corrected chi connectivity index (χ4v) is 6.82. The summed E-state index contributed by atoms with van der Waals surface area (Å²) in [6.45, 7) is 7.71. The monoisotopic (exact) mass is 667 g/mol. The van der Waals surface area contributed by atoms with Crippen LogP contribution in [0.4, 0.5) is 13.2 Å². The van der Waals surface area contributed by atoms with Crippen LogP contribution in [0.25, 0.3) is 0 Å². The summed E-state index contributed by atoms with van der Waals surface area (Å²) in [4.78, 5) is 13.7. The lowest BCUT2D eigenvalue weighted by Gasteiger charge is -2.31. The first kappa shape index (κ1) is 37.2. The summed E-state index contributed by atoms with van der Waals surface area (Å²) in [5.74, 6) is -1.25. The molecule has 0 heterocycles. The Hall–Kier alpha value is -3.23. The average Bonchev–Trinajstić information content (AvgIpc) is 3.37. The van der Waals surface area contributed by atoms with Gasteiger partial charge in [-0.3, -0.25) is 4.79 Å². The second-order valence-corrected chi connectivity index (χ2v) is 13.4. The van der Waals surface area contributed by atoms with E-state index in [0.29, 0.717) is 23.1 Å². The van der Waals surface area contributed by atoms with Crippen LogP contribution in [-0.2, 0) is 32.4 Å². The minimum absolute atomic E-state index is 0.00744. The first-order valence-corrected chi connectivity index (χ1v) is 16.7. The molecule has 2 aromatic rings. The molecule has 0 aromatic heterocycles. The quantitative estimate of drug-likeness (QED) is 0.193. The Morgan fingerprint density at radius 3 is 2.52 bits per heavy atom. The van der Waals surface area contributed by atoms with Crippen LogP contribution in [0, 0.1) is 0 Å². The summed E-state index contributed by atoms with van der Waals surface area (Å²) >= 11 is 0. The summed E-state index contributed by atoms with van der Waals surface area (Å²) in [5, 5.41) is 17.7. The smallest absolute Gasteiger partial charge is 0.390 e. The molecule has 0 radical (unpaired) electrons. The second-order valence-electron chi connectivity index (χ2n) is 11.3. The molecular formula is C33H44F3N3O6S. The predicted octanol–water partition coefficient (Wildman–Crippen LogP) is 4.09. The van der Waals surface area contributed by atoms with E-state index in [2.05, 4.69) is 23.8 Å². The van der Waals surface area contributed by atoms with E-state index in [1.54, 1.807) is 13.2 Å². The number of allylic oxidation sites excluding steroid dienone is 1. The van der Waals surface area contributed by atoms with Crippen molar-refractivity contribution in [3.05, 3.63) is 90.5 Å². The number of carbonyl (C=O) groups excluding carboxylic acids is 1. The fourth-order valence-electron chi connectivity index (χ4n) is 5.45. The van der Waals surface area contributed by atoms with Gasteiger partial charge in [0, 0.05) is 20.0 Å². The number of nitrogens with one attached hydrogen (secondary N) is 2. The van der Waals surface area contributed by atoms with E-state index in [1.165, 1.54) is 6.08 Å². The van der Waals surface area contributed by atoms with E-state index in [1.807, 2.05) is 48.5 Å². The standard InChI is InChI=1S/C33H44F3N3O6S/c1-5-7-13-28(39(3)46(42,43)18-16-33(34,35)36)32(41)38-27(19-23-11-9-8-10-12-23)29(40)22-37-31-26-21-25(44-4)15-14-24(26)20-30(31)45-17-6-2/h5-6,8-12,14-15,21,27-31,37,40H,1-2,7,13,16-20,22H2,3-4H3,(H,38,41)/t27-,28-,29+,30-,31+/m0/s1. The number of methoxy groups -OCH3 is 1. The Balaban J connectivity index is 1.83. The van der Waals surface area contributed by atoms with Crippen LogP contribution in [0.5, 0.6) is 5.75 Å². The molecule has 0 saturated heterocycles. The highest BCUT2D eigenvalue weighted by Gasteiger charge is 2.38. The number of likely N-dealkylation sites (N-methyl/N-ethyl adjacent to an activating group) is 1. The first-order chi connectivity index (χ1) is 21.8. The zero-order valence-corrected chi connectivity index (χ0v) is 27.0. The van der Waals surface area contributed by atoms with Crippen LogP contribution >= 0.6 is 0 Å². The number of fused-ring (bicyclic) bond motifs is 1. The average molecular weight is 668 g/mol. The van der Waals surface area contributed by atoms with Gasteiger partial charge in [0.1, 0.15) is 11.8 Å². The molecule has 254 valence electrons. The Kier molecular flexibility index (Phi) is 13.8. The number of halogens is 3. The SMILES string of the molecule is C=CCC[C@@H](C(=O)N[C@@H](Cc1ccccc1)[C@H](O)CN[C@@H]1c2cc(OC)ccc2C[C@@H]1OCC=C)N(C)S(=O)(=O)CCC(F)(F)F. The Morgan fingerprint density at radius 1 is 1.17 bits per heavy atom. The van der Waals surface area contributed by atoms with Gasteiger partial charge in [0.05, 0.1) is 50.2 Å². The molecule has 0 spiro atoms. The number of sulfonamides is 1. The topological polar surface area (TPSA) is 117 Å². The zero-order valence-electron chi connectivity index (χ0n) is 26.2. The molecule has 2 aromatic carbocycles. The molecule has 1 aliphatic carbocycles. The van der Waals surface area contributed by atoms with Gasteiger partial charge in [0.15, 0.2) is 0 Å². The third kappa shape index (κ3) is 10.7. The summed E-state index contributed by atoms with van der Waals surface area (Å²) in [6, 6.07) is 12.4. The van der Waals surface area contributed by atoms with Crippen LogP contribution in [0.3, 0.4) is 0 Å². The number of rotatable bonds is 19. The van der Waals surface area contributed by atoms with Crippen LogP contribution < -0.4 is 15.4 Å². The van der Waals surface area contributed by atoms with Gasteiger partial charge in [-0.05, 0) is 48.1 Å². The number of benzene rings is 2. The number of nitrogens with zero attached hydrogens (tertiary/aromatic N) is 1. The second kappa shape index (κ2) is 17.1. The van der Waals surface area contributed by atoms with E-state index in [0.717, 1.165) is 23.7 Å². The number of hydrogen-bond donors (Lipinski definition) is 3. The lowest BCUT2D eigenvalue weighted by atomic mass is 9.99. The van der Waals surface area contributed by atoms with E-state index < -0.39 is 52.5 Å². The van der Waals surface area contributed by atoms with Crippen molar-refractivity contribution in [2.75, 3.05) is 33.1 Å². The molecule has 3 N–H and O–H groups in total. The number of alkyl halides is 3. The Morgan fingerprint density at radius 2 is 1.89 bits per heavy atom. The minimum Gasteiger partial charge on any atom is -0.497 e. The third-order valence-electron chi connectivity index (χ3n) is 8.01. The number of aliphatic hydroxyl groups excluding tert-OH is 1. The summed E-state index contributed by atoms with van der Waals surface area (Å²) in [7, 11) is -1.77. The van der Waals surface area contributed by atoms with E-state index in [4.69, 9.17) is 9.47 Å².